The van der Waals surface area contributed by atoms with Crippen molar-refractivity contribution < 1.29 is 4.79 Å². The molecule has 6 heteroatoms. The number of hydrogen-bond donors (Lipinski definition) is 2. The van der Waals surface area contributed by atoms with Gasteiger partial charge in [-0.05, 0) is 46.6 Å². The highest BCUT2D eigenvalue weighted by molar-refractivity contribution is 9.10. The number of nitrogens with zero attached hydrogens (tertiary/aromatic N) is 2. The summed E-state index contributed by atoms with van der Waals surface area (Å²) < 4.78 is 0.903. The summed E-state index contributed by atoms with van der Waals surface area (Å²) in [5.41, 5.74) is 7.68. The smallest absolute Gasteiger partial charge is 0.256 e. The molecule has 2 heterocycles. The number of amides is 1. The molecule has 0 aliphatic rings. The number of carbonyl (C=O) groups excluding carboxylic acids is 1. The zero-order chi connectivity index (χ0) is 13.8. The average Bonchev–Trinajstić information content (AvgIpc) is 2.43. The molecule has 0 bridgehead atoms. The number of pyridine rings is 2. The van der Waals surface area contributed by atoms with Crippen LogP contribution in [0.5, 0.6) is 0 Å². The third-order valence-corrected chi connectivity index (χ3v) is 3.41. The Morgan fingerprint density at radius 2 is 2.21 bits per heavy atom. The standard InChI is InChI=1S/C13H13BrN4O/c1-8-4-12(17-7-11(8)14)18-13(19)9-2-3-16-10(5-9)6-15/h2-5,7H,6,15H2,1H3,(H,17,18,19). The fourth-order valence-corrected chi connectivity index (χ4v) is 1.74. The van der Waals surface area contributed by atoms with Crippen LogP contribution in [0.25, 0.3) is 0 Å². The van der Waals surface area contributed by atoms with Gasteiger partial charge in [-0.3, -0.25) is 9.78 Å². The number of aryl methyl sites for hydroxylation is 1. The summed E-state index contributed by atoms with van der Waals surface area (Å²) in [6.07, 6.45) is 3.22. The molecule has 3 N–H and O–H groups in total. The van der Waals surface area contributed by atoms with Gasteiger partial charge in [0, 0.05) is 29.0 Å². The van der Waals surface area contributed by atoms with Crippen LogP contribution in [0, 0.1) is 6.92 Å². The molecule has 0 radical (unpaired) electrons. The summed E-state index contributed by atoms with van der Waals surface area (Å²) in [7, 11) is 0. The Bertz CT molecular complexity index is 615. The van der Waals surface area contributed by atoms with E-state index in [4.69, 9.17) is 5.73 Å². The molecule has 19 heavy (non-hydrogen) atoms. The quantitative estimate of drug-likeness (QED) is 0.908. The normalized spacial score (nSPS) is 10.3. The Morgan fingerprint density at radius 3 is 2.89 bits per heavy atom. The van der Waals surface area contributed by atoms with Crippen molar-refractivity contribution in [1.82, 2.24) is 9.97 Å². The molecule has 0 spiro atoms. The van der Waals surface area contributed by atoms with Crippen molar-refractivity contribution in [3.05, 3.63) is 51.9 Å². The van der Waals surface area contributed by atoms with Gasteiger partial charge < -0.3 is 11.1 Å². The Balaban J connectivity index is 2.18. The third kappa shape index (κ3) is 3.36. The minimum atomic E-state index is -0.230. The highest BCUT2D eigenvalue weighted by atomic mass is 79.9. The number of nitrogens with two attached hydrogens (primary N) is 1. The molecule has 5 nitrogen and oxygen atoms in total. The van der Waals surface area contributed by atoms with Crippen molar-refractivity contribution >= 4 is 27.7 Å². The fourth-order valence-electron chi connectivity index (χ4n) is 1.53. The number of rotatable bonds is 3. The fraction of sp³-hybridized carbons (Fsp3) is 0.154. The van der Waals surface area contributed by atoms with Crippen LogP contribution < -0.4 is 11.1 Å². The highest BCUT2D eigenvalue weighted by Gasteiger charge is 2.08. The predicted molar refractivity (Wildman–Crippen MR) is 76.8 cm³/mol. The number of carbonyl (C=O) groups is 1. The first kappa shape index (κ1) is 13.6. The minimum absolute atomic E-state index is 0.230. The van der Waals surface area contributed by atoms with Gasteiger partial charge in [-0.2, -0.15) is 0 Å². The van der Waals surface area contributed by atoms with E-state index in [2.05, 4.69) is 31.2 Å². The van der Waals surface area contributed by atoms with Crippen molar-refractivity contribution in [2.45, 2.75) is 13.5 Å². The maximum Gasteiger partial charge on any atom is 0.256 e. The third-order valence-electron chi connectivity index (χ3n) is 2.58. The van der Waals surface area contributed by atoms with E-state index in [0.29, 0.717) is 23.6 Å². The molecular weight excluding hydrogens is 308 g/mol. The molecular formula is C13H13BrN4O. The molecule has 2 rings (SSSR count). The second-order valence-corrected chi connectivity index (χ2v) is 4.87. The van der Waals surface area contributed by atoms with E-state index in [0.717, 1.165) is 10.0 Å². The van der Waals surface area contributed by atoms with Crippen LogP contribution in [0.1, 0.15) is 21.6 Å². The van der Waals surface area contributed by atoms with Gasteiger partial charge in [-0.15, -0.1) is 0 Å². The molecule has 1 amide bonds. The van der Waals surface area contributed by atoms with Gasteiger partial charge in [0.2, 0.25) is 0 Å². The summed E-state index contributed by atoms with van der Waals surface area (Å²) in [6, 6.07) is 5.11. The van der Waals surface area contributed by atoms with Crippen LogP contribution in [0.15, 0.2) is 35.1 Å². The van der Waals surface area contributed by atoms with Crippen LogP contribution >= 0.6 is 15.9 Å². The van der Waals surface area contributed by atoms with E-state index < -0.39 is 0 Å². The SMILES string of the molecule is Cc1cc(NC(=O)c2ccnc(CN)c2)ncc1Br. The highest BCUT2D eigenvalue weighted by Crippen LogP contribution is 2.17. The summed E-state index contributed by atoms with van der Waals surface area (Å²) in [4.78, 5) is 20.2. The molecule has 98 valence electrons. The number of halogens is 1. The summed E-state index contributed by atoms with van der Waals surface area (Å²) in [5, 5.41) is 2.74. The van der Waals surface area contributed by atoms with Gasteiger partial charge in [0.05, 0.1) is 5.69 Å². The Kier molecular flexibility index (Phi) is 4.24. The molecule has 2 aromatic heterocycles. The van der Waals surface area contributed by atoms with Gasteiger partial charge in [0.1, 0.15) is 5.82 Å². The minimum Gasteiger partial charge on any atom is -0.325 e. The predicted octanol–water partition coefficient (Wildman–Crippen LogP) is 2.26. The molecule has 0 aromatic carbocycles. The monoisotopic (exact) mass is 320 g/mol. The van der Waals surface area contributed by atoms with E-state index in [1.165, 1.54) is 0 Å². The van der Waals surface area contributed by atoms with Gasteiger partial charge >= 0.3 is 0 Å². The van der Waals surface area contributed by atoms with Gasteiger partial charge in [-0.25, -0.2) is 4.98 Å². The Hall–Kier alpha value is -1.79. The summed E-state index contributed by atoms with van der Waals surface area (Å²) >= 11 is 3.36. The number of hydrogen-bond acceptors (Lipinski definition) is 4. The van der Waals surface area contributed by atoms with Crippen LogP contribution in [-0.2, 0) is 6.54 Å². The first-order chi connectivity index (χ1) is 9.10. The van der Waals surface area contributed by atoms with Gasteiger partial charge in [-0.1, -0.05) is 0 Å². The summed E-state index contributed by atoms with van der Waals surface area (Å²) in [5.74, 6) is 0.281. The molecule has 0 aliphatic heterocycles. The van der Waals surface area contributed by atoms with Crippen molar-refractivity contribution in [2.75, 3.05) is 5.32 Å². The van der Waals surface area contributed by atoms with E-state index in [9.17, 15) is 4.79 Å². The molecule has 0 unspecified atom stereocenters. The first-order valence-electron chi connectivity index (χ1n) is 5.68. The van der Waals surface area contributed by atoms with Crippen molar-refractivity contribution in [2.24, 2.45) is 5.73 Å². The van der Waals surface area contributed by atoms with Crippen molar-refractivity contribution in [3.63, 3.8) is 0 Å². The molecule has 0 fully saturated rings. The Morgan fingerprint density at radius 1 is 1.42 bits per heavy atom. The topological polar surface area (TPSA) is 80.9 Å². The largest absolute Gasteiger partial charge is 0.325 e. The molecule has 2 aromatic rings. The number of anilines is 1. The van der Waals surface area contributed by atoms with E-state index in [1.54, 1.807) is 30.6 Å². The van der Waals surface area contributed by atoms with Crippen molar-refractivity contribution in [3.8, 4) is 0 Å². The zero-order valence-electron chi connectivity index (χ0n) is 10.4. The summed E-state index contributed by atoms with van der Waals surface area (Å²) in [6.45, 7) is 2.23. The average molecular weight is 321 g/mol. The van der Waals surface area contributed by atoms with E-state index in [-0.39, 0.29) is 5.91 Å². The second kappa shape index (κ2) is 5.90. The van der Waals surface area contributed by atoms with Gasteiger partial charge in [0.25, 0.3) is 5.91 Å². The lowest BCUT2D eigenvalue weighted by Crippen LogP contribution is -2.14. The second-order valence-electron chi connectivity index (χ2n) is 4.01. The van der Waals surface area contributed by atoms with Crippen LogP contribution in [0.2, 0.25) is 0 Å². The molecule has 0 atom stereocenters. The number of aromatic nitrogens is 2. The first-order valence-corrected chi connectivity index (χ1v) is 6.48. The van der Waals surface area contributed by atoms with Crippen molar-refractivity contribution in [1.29, 1.82) is 0 Å². The number of nitrogens with one attached hydrogen (secondary N) is 1. The lowest BCUT2D eigenvalue weighted by molar-refractivity contribution is 0.102. The molecule has 0 saturated heterocycles. The maximum atomic E-state index is 12.0. The van der Waals surface area contributed by atoms with Gasteiger partial charge in [0.15, 0.2) is 0 Å². The van der Waals surface area contributed by atoms with E-state index >= 15 is 0 Å². The van der Waals surface area contributed by atoms with Crippen LogP contribution in [-0.4, -0.2) is 15.9 Å². The van der Waals surface area contributed by atoms with E-state index in [1.807, 2.05) is 6.92 Å². The maximum absolute atomic E-state index is 12.0. The van der Waals surface area contributed by atoms with Crippen LogP contribution in [0.3, 0.4) is 0 Å². The van der Waals surface area contributed by atoms with Crippen LogP contribution in [0.4, 0.5) is 5.82 Å². The molecule has 0 aliphatic carbocycles. The lowest BCUT2D eigenvalue weighted by Gasteiger charge is -2.06. The zero-order valence-corrected chi connectivity index (χ0v) is 11.9. The lowest BCUT2D eigenvalue weighted by atomic mass is 10.2. The Labute approximate surface area is 119 Å². The molecule has 0 saturated carbocycles.